The lowest BCUT2D eigenvalue weighted by Gasteiger charge is -2.13. The Hall–Kier alpha value is -1.35. The highest BCUT2D eigenvalue weighted by Crippen LogP contribution is 2.16. The molecule has 0 aliphatic carbocycles. The standard InChI is InChI=1S/C11H11ClN2O/c12-10-8-13-4-3-9(10)7-11(15)14-5-1-2-6-14/h1,3-5,8H,2,6-7H2. The van der Waals surface area contributed by atoms with Gasteiger partial charge in [0.2, 0.25) is 5.91 Å². The monoisotopic (exact) mass is 222 g/mol. The van der Waals surface area contributed by atoms with Gasteiger partial charge in [0.05, 0.1) is 11.4 Å². The predicted octanol–water partition coefficient (Wildman–Crippen LogP) is 2.02. The van der Waals surface area contributed by atoms with E-state index in [-0.39, 0.29) is 5.91 Å². The fraction of sp³-hybridized carbons (Fsp3) is 0.273. The van der Waals surface area contributed by atoms with Crippen LogP contribution in [0.15, 0.2) is 30.7 Å². The van der Waals surface area contributed by atoms with Crippen LogP contribution in [0.3, 0.4) is 0 Å². The number of nitrogens with zero attached hydrogens (tertiary/aromatic N) is 2. The quantitative estimate of drug-likeness (QED) is 0.767. The van der Waals surface area contributed by atoms with Gasteiger partial charge in [-0.05, 0) is 18.1 Å². The predicted molar refractivity (Wildman–Crippen MR) is 58.4 cm³/mol. The van der Waals surface area contributed by atoms with Crippen molar-refractivity contribution in [3.05, 3.63) is 41.3 Å². The summed E-state index contributed by atoms with van der Waals surface area (Å²) in [7, 11) is 0. The largest absolute Gasteiger partial charge is 0.319 e. The van der Waals surface area contributed by atoms with Crippen LogP contribution in [0.4, 0.5) is 0 Å². The van der Waals surface area contributed by atoms with Crippen LogP contribution in [0.25, 0.3) is 0 Å². The smallest absolute Gasteiger partial charge is 0.230 e. The molecule has 0 saturated carbocycles. The summed E-state index contributed by atoms with van der Waals surface area (Å²) in [5.41, 5.74) is 0.831. The summed E-state index contributed by atoms with van der Waals surface area (Å²) in [6.45, 7) is 0.779. The lowest BCUT2D eigenvalue weighted by Crippen LogP contribution is -2.25. The molecule has 0 spiro atoms. The molecule has 0 atom stereocenters. The zero-order chi connectivity index (χ0) is 10.7. The number of amides is 1. The number of hydrogen-bond acceptors (Lipinski definition) is 2. The summed E-state index contributed by atoms with van der Waals surface area (Å²) >= 11 is 5.92. The van der Waals surface area contributed by atoms with Crippen LogP contribution in [-0.4, -0.2) is 22.3 Å². The van der Waals surface area contributed by atoms with Gasteiger partial charge in [-0.25, -0.2) is 0 Å². The number of carbonyl (C=O) groups excluding carboxylic acids is 1. The van der Waals surface area contributed by atoms with E-state index < -0.39 is 0 Å². The van der Waals surface area contributed by atoms with Gasteiger partial charge < -0.3 is 4.90 Å². The van der Waals surface area contributed by atoms with E-state index in [9.17, 15) is 4.79 Å². The number of aromatic nitrogens is 1. The fourth-order valence-electron chi connectivity index (χ4n) is 1.51. The molecule has 1 aliphatic heterocycles. The Kier molecular flexibility index (Phi) is 3.02. The fourth-order valence-corrected chi connectivity index (χ4v) is 1.70. The van der Waals surface area contributed by atoms with Gasteiger partial charge in [0.25, 0.3) is 0 Å². The van der Waals surface area contributed by atoms with Gasteiger partial charge in [-0.3, -0.25) is 9.78 Å². The number of hydrogen-bond donors (Lipinski definition) is 0. The molecule has 78 valence electrons. The lowest BCUT2D eigenvalue weighted by molar-refractivity contribution is -0.127. The van der Waals surface area contributed by atoms with Crippen LogP contribution in [0.1, 0.15) is 12.0 Å². The molecule has 0 unspecified atom stereocenters. The Morgan fingerprint density at radius 3 is 3.13 bits per heavy atom. The minimum atomic E-state index is 0.0804. The topological polar surface area (TPSA) is 33.2 Å². The van der Waals surface area contributed by atoms with Crippen LogP contribution >= 0.6 is 11.6 Å². The maximum absolute atomic E-state index is 11.8. The average Bonchev–Trinajstić information content (AvgIpc) is 2.74. The molecule has 1 aliphatic rings. The summed E-state index contributed by atoms with van der Waals surface area (Å²) in [4.78, 5) is 17.4. The van der Waals surface area contributed by atoms with Crippen molar-refractivity contribution in [2.75, 3.05) is 6.54 Å². The third-order valence-electron chi connectivity index (χ3n) is 2.34. The molecular weight excluding hydrogens is 212 g/mol. The van der Waals surface area contributed by atoms with Gasteiger partial charge >= 0.3 is 0 Å². The Labute approximate surface area is 93.4 Å². The third-order valence-corrected chi connectivity index (χ3v) is 2.68. The Balaban J connectivity index is 2.05. The highest BCUT2D eigenvalue weighted by atomic mass is 35.5. The van der Waals surface area contributed by atoms with Crippen LogP contribution in [0, 0.1) is 0 Å². The normalized spacial score (nSPS) is 14.6. The molecule has 0 aromatic carbocycles. The van der Waals surface area contributed by atoms with Crippen LogP contribution < -0.4 is 0 Å². The molecule has 0 N–H and O–H groups in total. The summed E-state index contributed by atoms with van der Waals surface area (Å²) in [6.07, 6.45) is 8.31. The van der Waals surface area contributed by atoms with E-state index in [4.69, 9.17) is 11.6 Å². The summed E-state index contributed by atoms with van der Waals surface area (Å²) in [5.74, 6) is 0.0804. The first-order valence-corrected chi connectivity index (χ1v) is 5.19. The first-order valence-electron chi connectivity index (χ1n) is 4.82. The molecule has 3 nitrogen and oxygen atoms in total. The average molecular weight is 223 g/mol. The van der Waals surface area contributed by atoms with Gasteiger partial charge in [0.15, 0.2) is 0 Å². The van der Waals surface area contributed by atoms with E-state index in [1.807, 2.05) is 12.3 Å². The van der Waals surface area contributed by atoms with Gasteiger partial charge in [0, 0.05) is 25.1 Å². The van der Waals surface area contributed by atoms with Crippen molar-refractivity contribution in [1.29, 1.82) is 0 Å². The molecule has 2 heterocycles. The van der Waals surface area contributed by atoms with Crippen molar-refractivity contribution in [3.8, 4) is 0 Å². The summed E-state index contributed by atoms with van der Waals surface area (Å²) in [5, 5.41) is 0.550. The molecule has 1 aromatic heterocycles. The third kappa shape index (κ3) is 2.36. The van der Waals surface area contributed by atoms with Crippen molar-refractivity contribution < 1.29 is 4.79 Å². The van der Waals surface area contributed by atoms with Crippen molar-refractivity contribution in [3.63, 3.8) is 0 Å². The number of carbonyl (C=O) groups is 1. The van der Waals surface area contributed by atoms with Crippen molar-refractivity contribution >= 4 is 17.5 Å². The maximum Gasteiger partial charge on any atom is 0.230 e. The van der Waals surface area contributed by atoms with Crippen molar-refractivity contribution in [2.24, 2.45) is 0 Å². The number of halogens is 1. The minimum Gasteiger partial charge on any atom is -0.319 e. The lowest BCUT2D eigenvalue weighted by atomic mass is 10.2. The molecule has 0 saturated heterocycles. The molecule has 4 heteroatoms. The molecule has 0 fully saturated rings. The summed E-state index contributed by atoms with van der Waals surface area (Å²) < 4.78 is 0. The van der Waals surface area contributed by atoms with Gasteiger partial charge in [-0.2, -0.15) is 0 Å². The summed E-state index contributed by atoms with van der Waals surface area (Å²) in [6, 6.07) is 1.78. The van der Waals surface area contributed by atoms with Crippen molar-refractivity contribution in [2.45, 2.75) is 12.8 Å². The first kappa shape index (κ1) is 10.2. The highest BCUT2D eigenvalue weighted by Gasteiger charge is 2.15. The van der Waals surface area contributed by atoms with Crippen LogP contribution in [0.5, 0.6) is 0 Å². The molecule has 1 amide bonds. The zero-order valence-electron chi connectivity index (χ0n) is 8.19. The van der Waals surface area contributed by atoms with E-state index in [0.717, 1.165) is 18.5 Å². The highest BCUT2D eigenvalue weighted by molar-refractivity contribution is 6.31. The van der Waals surface area contributed by atoms with Crippen LogP contribution in [0.2, 0.25) is 5.02 Å². The number of rotatable bonds is 2. The Bertz CT molecular complexity index is 403. The second-order valence-corrected chi connectivity index (χ2v) is 3.81. The van der Waals surface area contributed by atoms with Gasteiger partial charge in [0.1, 0.15) is 0 Å². The van der Waals surface area contributed by atoms with E-state index in [0.29, 0.717) is 11.4 Å². The van der Waals surface area contributed by atoms with E-state index in [1.165, 1.54) is 0 Å². The maximum atomic E-state index is 11.8. The zero-order valence-corrected chi connectivity index (χ0v) is 8.94. The Morgan fingerprint density at radius 1 is 1.60 bits per heavy atom. The van der Waals surface area contributed by atoms with E-state index in [1.54, 1.807) is 23.4 Å². The van der Waals surface area contributed by atoms with Crippen molar-refractivity contribution in [1.82, 2.24) is 9.88 Å². The number of pyridine rings is 1. The minimum absolute atomic E-state index is 0.0804. The van der Waals surface area contributed by atoms with E-state index >= 15 is 0 Å². The molecule has 15 heavy (non-hydrogen) atoms. The molecule has 2 rings (SSSR count). The molecule has 0 bridgehead atoms. The Morgan fingerprint density at radius 2 is 2.47 bits per heavy atom. The second kappa shape index (κ2) is 4.45. The molecule has 1 aromatic rings. The SMILES string of the molecule is O=C(Cc1ccncc1Cl)N1C=CCC1. The van der Waals surface area contributed by atoms with Gasteiger partial charge in [-0.15, -0.1) is 0 Å². The molecule has 0 radical (unpaired) electrons. The van der Waals surface area contributed by atoms with Gasteiger partial charge in [-0.1, -0.05) is 17.7 Å². The second-order valence-electron chi connectivity index (χ2n) is 3.40. The first-order chi connectivity index (χ1) is 7.27. The van der Waals surface area contributed by atoms with E-state index in [2.05, 4.69) is 4.98 Å². The van der Waals surface area contributed by atoms with Crippen LogP contribution in [-0.2, 0) is 11.2 Å². The molecular formula is C11H11ClN2O.